The van der Waals surface area contributed by atoms with Crippen LogP contribution in [0.2, 0.25) is 0 Å². The molecule has 2 aromatic carbocycles. The smallest absolute Gasteiger partial charge is 0.338 e. The number of aryl methyl sites for hydroxylation is 1. The third kappa shape index (κ3) is 6.79. The van der Waals surface area contributed by atoms with E-state index in [0.29, 0.717) is 37.3 Å². The van der Waals surface area contributed by atoms with Gasteiger partial charge < -0.3 is 4.90 Å². The van der Waals surface area contributed by atoms with E-state index in [1.54, 1.807) is 22.3 Å². The summed E-state index contributed by atoms with van der Waals surface area (Å²) in [7, 11) is 0. The molecular formula is C29H32F4N2OS. The minimum Gasteiger partial charge on any atom is -0.338 e. The van der Waals surface area contributed by atoms with Gasteiger partial charge in [0.05, 0.1) is 5.56 Å². The average molecular weight is 533 g/mol. The Bertz CT molecular complexity index is 1210. The van der Waals surface area contributed by atoms with Crippen molar-refractivity contribution < 1.29 is 22.4 Å². The highest BCUT2D eigenvalue weighted by Crippen LogP contribution is 2.38. The molecule has 2 atom stereocenters. The van der Waals surface area contributed by atoms with E-state index in [0.717, 1.165) is 12.6 Å². The van der Waals surface area contributed by atoms with E-state index in [-0.39, 0.29) is 23.7 Å². The van der Waals surface area contributed by atoms with Crippen LogP contribution in [-0.2, 0) is 12.7 Å². The van der Waals surface area contributed by atoms with Gasteiger partial charge in [0.1, 0.15) is 5.82 Å². The number of likely N-dealkylation sites (tertiary alicyclic amines) is 1. The fourth-order valence-corrected chi connectivity index (χ4v) is 6.05. The van der Waals surface area contributed by atoms with Crippen LogP contribution in [0.25, 0.3) is 0 Å². The summed E-state index contributed by atoms with van der Waals surface area (Å²) >= 11 is 1.68. The Labute approximate surface area is 219 Å². The molecule has 0 spiro atoms. The maximum atomic E-state index is 13.5. The summed E-state index contributed by atoms with van der Waals surface area (Å²) in [4.78, 5) is 18.7. The molecule has 0 radical (unpaired) electrons. The lowest BCUT2D eigenvalue weighted by Crippen LogP contribution is -2.39. The first-order valence-corrected chi connectivity index (χ1v) is 13.4. The Morgan fingerprint density at radius 2 is 1.84 bits per heavy atom. The van der Waals surface area contributed by atoms with Crippen LogP contribution in [0.1, 0.15) is 51.7 Å². The number of carbonyl (C=O) groups is 1. The van der Waals surface area contributed by atoms with Gasteiger partial charge in [-0.1, -0.05) is 32.0 Å². The van der Waals surface area contributed by atoms with Gasteiger partial charge in [0.15, 0.2) is 0 Å². The quantitative estimate of drug-likeness (QED) is 0.286. The number of halogens is 4. The number of rotatable bonds is 8. The highest BCUT2D eigenvalue weighted by Gasteiger charge is 2.38. The molecular weight excluding hydrogens is 500 g/mol. The van der Waals surface area contributed by atoms with Crippen molar-refractivity contribution in [2.75, 3.05) is 26.2 Å². The van der Waals surface area contributed by atoms with Gasteiger partial charge in [0.2, 0.25) is 0 Å². The summed E-state index contributed by atoms with van der Waals surface area (Å²) in [6.45, 7) is 9.04. The van der Waals surface area contributed by atoms with Crippen LogP contribution in [0, 0.1) is 24.6 Å². The van der Waals surface area contributed by atoms with Crippen molar-refractivity contribution >= 4 is 17.2 Å². The lowest BCUT2D eigenvalue weighted by Gasteiger charge is -2.30. The fourth-order valence-electron chi connectivity index (χ4n) is 5.11. The van der Waals surface area contributed by atoms with Gasteiger partial charge in [-0.15, -0.1) is 11.3 Å². The van der Waals surface area contributed by atoms with Crippen LogP contribution in [-0.4, -0.2) is 41.9 Å². The predicted octanol–water partition coefficient (Wildman–Crippen LogP) is 7.23. The molecule has 1 amide bonds. The molecule has 198 valence electrons. The van der Waals surface area contributed by atoms with Crippen molar-refractivity contribution in [3.63, 3.8) is 0 Å². The maximum Gasteiger partial charge on any atom is 0.416 e. The van der Waals surface area contributed by atoms with Crippen molar-refractivity contribution in [1.82, 2.24) is 9.80 Å². The van der Waals surface area contributed by atoms with E-state index in [9.17, 15) is 22.4 Å². The van der Waals surface area contributed by atoms with Crippen LogP contribution in [0.3, 0.4) is 0 Å². The minimum absolute atomic E-state index is 0.0492. The lowest BCUT2D eigenvalue weighted by molar-refractivity contribution is -0.137. The first-order chi connectivity index (χ1) is 17.5. The Morgan fingerprint density at radius 1 is 1.11 bits per heavy atom. The Balaban J connectivity index is 1.63. The molecule has 0 unspecified atom stereocenters. The van der Waals surface area contributed by atoms with Crippen LogP contribution < -0.4 is 0 Å². The zero-order valence-corrected chi connectivity index (χ0v) is 22.1. The largest absolute Gasteiger partial charge is 0.416 e. The second-order valence-corrected chi connectivity index (χ2v) is 11.3. The molecule has 1 aromatic heterocycles. The minimum atomic E-state index is -4.42. The molecule has 37 heavy (non-hydrogen) atoms. The summed E-state index contributed by atoms with van der Waals surface area (Å²) < 4.78 is 54.0. The number of benzene rings is 2. The zero-order valence-electron chi connectivity index (χ0n) is 21.3. The summed E-state index contributed by atoms with van der Waals surface area (Å²) in [5, 5.41) is 2.05. The summed E-state index contributed by atoms with van der Waals surface area (Å²) in [5.41, 5.74) is 1.60. The molecule has 4 rings (SSSR count). The average Bonchev–Trinajstić information content (AvgIpc) is 3.43. The first kappa shape index (κ1) is 27.3. The van der Waals surface area contributed by atoms with Crippen molar-refractivity contribution in [2.45, 2.75) is 39.4 Å². The van der Waals surface area contributed by atoms with Crippen molar-refractivity contribution in [3.05, 3.63) is 92.9 Å². The molecule has 8 heteroatoms. The third-order valence-corrected chi connectivity index (χ3v) is 7.92. The van der Waals surface area contributed by atoms with E-state index < -0.39 is 17.6 Å². The van der Waals surface area contributed by atoms with Gasteiger partial charge in [0, 0.05) is 49.1 Å². The molecule has 0 bridgehead atoms. The van der Waals surface area contributed by atoms with Gasteiger partial charge >= 0.3 is 6.18 Å². The topological polar surface area (TPSA) is 23.6 Å². The van der Waals surface area contributed by atoms with Gasteiger partial charge in [-0.2, -0.15) is 13.2 Å². The number of carbonyl (C=O) groups excluding carboxylic acids is 1. The molecule has 1 aliphatic heterocycles. The van der Waals surface area contributed by atoms with E-state index in [1.165, 1.54) is 46.8 Å². The van der Waals surface area contributed by atoms with Crippen LogP contribution in [0.15, 0.2) is 60.0 Å². The molecule has 0 N–H and O–H groups in total. The Hall–Kier alpha value is -2.71. The number of thiophene rings is 1. The van der Waals surface area contributed by atoms with Gasteiger partial charge in [-0.3, -0.25) is 9.69 Å². The summed E-state index contributed by atoms with van der Waals surface area (Å²) in [6, 6.07) is 13.2. The second kappa shape index (κ2) is 11.4. The summed E-state index contributed by atoms with van der Waals surface area (Å²) in [5.74, 6) is -0.608. The van der Waals surface area contributed by atoms with Gasteiger partial charge in [0.25, 0.3) is 5.91 Å². The standard InChI is InChI=1S/C29H32F4N2OS/c1-19(2)14-35(28(36)21-7-9-25(30)10-8-21)16-23-15-34(18-27-20(3)11-12-37-27)17-26(23)22-5-4-6-24(13-22)29(31,32)33/h4-13,19,23,26H,14-18H2,1-3H3/t23-,26+/m1/s1. The molecule has 2 heterocycles. The molecule has 3 aromatic rings. The molecule has 1 saturated heterocycles. The SMILES string of the molecule is Cc1ccsc1CN1C[C@H](CN(CC(C)C)C(=O)c2ccc(F)cc2)[C@H](c2cccc(C(F)(F)F)c2)C1. The van der Waals surface area contributed by atoms with E-state index in [1.807, 2.05) is 19.2 Å². The van der Waals surface area contributed by atoms with E-state index >= 15 is 0 Å². The van der Waals surface area contributed by atoms with E-state index in [2.05, 4.69) is 17.9 Å². The van der Waals surface area contributed by atoms with Crippen LogP contribution in [0.4, 0.5) is 17.6 Å². The molecule has 0 saturated carbocycles. The Morgan fingerprint density at radius 3 is 2.46 bits per heavy atom. The third-order valence-electron chi connectivity index (χ3n) is 6.91. The molecule has 3 nitrogen and oxygen atoms in total. The van der Waals surface area contributed by atoms with Crippen molar-refractivity contribution in [1.29, 1.82) is 0 Å². The molecule has 1 fully saturated rings. The zero-order chi connectivity index (χ0) is 26.7. The van der Waals surface area contributed by atoms with Crippen LogP contribution in [0.5, 0.6) is 0 Å². The van der Waals surface area contributed by atoms with Crippen molar-refractivity contribution in [2.24, 2.45) is 11.8 Å². The van der Waals surface area contributed by atoms with Crippen molar-refractivity contribution in [3.8, 4) is 0 Å². The van der Waals surface area contributed by atoms with Gasteiger partial charge in [-0.05, 0) is 71.7 Å². The maximum absolute atomic E-state index is 13.5. The number of alkyl halides is 3. The lowest BCUT2D eigenvalue weighted by atomic mass is 9.87. The predicted molar refractivity (Wildman–Crippen MR) is 139 cm³/mol. The highest BCUT2D eigenvalue weighted by molar-refractivity contribution is 7.10. The fraction of sp³-hybridized carbons (Fsp3) is 0.414. The Kier molecular flexibility index (Phi) is 8.39. The molecule has 0 aliphatic carbocycles. The van der Waals surface area contributed by atoms with Crippen LogP contribution >= 0.6 is 11.3 Å². The second-order valence-electron chi connectivity index (χ2n) is 10.3. The number of amides is 1. The summed E-state index contributed by atoms with van der Waals surface area (Å²) in [6.07, 6.45) is -4.42. The number of hydrogen-bond acceptors (Lipinski definition) is 3. The number of hydrogen-bond donors (Lipinski definition) is 0. The van der Waals surface area contributed by atoms with E-state index in [4.69, 9.17) is 0 Å². The first-order valence-electron chi connectivity index (χ1n) is 12.5. The number of nitrogens with zero attached hydrogens (tertiary/aromatic N) is 2. The molecule has 1 aliphatic rings. The highest BCUT2D eigenvalue weighted by atomic mass is 32.1. The van der Waals surface area contributed by atoms with Gasteiger partial charge in [-0.25, -0.2) is 4.39 Å². The normalized spacial score (nSPS) is 18.5. The monoisotopic (exact) mass is 532 g/mol.